The topological polar surface area (TPSA) is 81.1 Å². The average molecular weight is 489 g/mol. The first-order chi connectivity index (χ1) is 12.7. The summed E-state index contributed by atoms with van der Waals surface area (Å²) < 4.78 is 28.9. The number of rotatable bonds is 4. The van der Waals surface area contributed by atoms with Crippen molar-refractivity contribution in [1.82, 2.24) is 14.3 Å². The molecule has 0 spiro atoms. The standard InChI is InChI=1S/C17H12BrCl2N3O3S/c1-23-9-13(21-16(23)10-5-4-7-12(19)15(10)20)17(24)22-27(25,26)14-8-3-2-6-11(14)18/h2-9H,1H3,(H,22,24). The molecule has 0 fully saturated rings. The second-order valence-electron chi connectivity index (χ2n) is 5.53. The van der Waals surface area contributed by atoms with Gasteiger partial charge in [0.05, 0.1) is 10.0 Å². The monoisotopic (exact) mass is 487 g/mol. The quantitative estimate of drug-likeness (QED) is 0.594. The Morgan fingerprint density at radius 3 is 2.56 bits per heavy atom. The largest absolute Gasteiger partial charge is 0.333 e. The molecule has 0 aliphatic heterocycles. The third kappa shape index (κ3) is 4.03. The van der Waals surface area contributed by atoms with Crippen LogP contribution in [-0.4, -0.2) is 23.9 Å². The van der Waals surface area contributed by atoms with E-state index in [0.29, 0.717) is 25.9 Å². The van der Waals surface area contributed by atoms with E-state index in [1.165, 1.54) is 12.3 Å². The number of carbonyl (C=O) groups excluding carboxylic acids is 1. The lowest BCUT2D eigenvalue weighted by molar-refractivity contribution is 0.0977. The van der Waals surface area contributed by atoms with Gasteiger partial charge in [-0.1, -0.05) is 41.4 Å². The Bertz CT molecular complexity index is 1150. The van der Waals surface area contributed by atoms with Crippen molar-refractivity contribution in [2.75, 3.05) is 0 Å². The minimum absolute atomic E-state index is 0.0487. The summed E-state index contributed by atoms with van der Waals surface area (Å²) in [7, 11) is -2.40. The van der Waals surface area contributed by atoms with Gasteiger partial charge in [0.1, 0.15) is 16.4 Å². The smallest absolute Gasteiger partial charge is 0.285 e. The van der Waals surface area contributed by atoms with Crippen molar-refractivity contribution in [3.05, 3.63) is 68.9 Å². The van der Waals surface area contributed by atoms with Crippen molar-refractivity contribution in [3.63, 3.8) is 0 Å². The second-order valence-corrected chi connectivity index (χ2v) is 8.82. The van der Waals surface area contributed by atoms with Gasteiger partial charge < -0.3 is 4.57 Å². The van der Waals surface area contributed by atoms with Crippen molar-refractivity contribution >= 4 is 55.1 Å². The Morgan fingerprint density at radius 2 is 1.85 bits per heavy atom. The third-order valence-electron chi connectivity index (χ3n) is 3.65. The first-order valence-corrected chi connectivity index (χ1v) is 10.5. The van der Waals surface area contributed by atoms with Crippen LogP contribution in [0.1, 0.15) is 10.5 Å². The summed E-state index contributed by atoms with van der Waals surface area (Å²) in [6, 6.07) is 11.2. The van der Waals surface area contributed by atoms with Gasteiger partial charge in [-0.05, 0) is 40.2 Å². The number of aryl methyl sites for hydroxylation is 1. The zero-order valence-electron chi connectivity index (χ0n) is 13.8. The Balaban J connectivity index is 1.93. The predicted octanol–water partition coefficient (Wildman–Crippen LogP) is 4.28. The number of imidazole rings is 1. The normalized spacial score (nSPS) is 11.4. The number of hydrogen-bond acceptors (Lipinski definition) is 4. The van der Waals surface area contributed by atoms with Gasteiger partial charge in [0.25, 0.3) is 15.9 Å². The highest BCUT2D eigenvalue weighted by Crippen LogP contribution is 2.32. The summed E-state index contributed by atoms with van der Waals surface area (Å²) in [6.45, 7) is 0. The molecule has 1 amide bonds. The molecule has 1 aromatic heterocycles. The molecule has 0 radical (unpaired) electrons. The Labute approximate surface area is 174 Å². The molecule has 0 aliphatic rings. The molecule has 1 heterocycles. The van der Waals surface area contributed by atoms with Crippen LogP contribution in [0, 0.1) is 0 Å². The first-order valence-electron chi connectivity index (χ1n) is 7.50. The minimum Gasteiger partial charge on any atom is -0.333 e. The highest BCUT2D eigenvalue weighted by molar-refractivity contribution is 9.10. The van der Waals surface area contributed by atoms with Crippen molar-refractivity contribution in [2.45, 2.75) is 4.90 Å². The van der Waals surface area contributed by atoms with Crippen LogP contribution in [0.25, 0.3) is 11.4 Å². The second kappa shape index (κ2) is 7.63. The molecular formula is C17H12BrCl2N3O3S. The van der Waals surface area contributed by atoms with Crippen LogP contribution in [0.15, 0.2) is 58.0 Å². The molecule has 6 nitrogen and oxygen atoms in total. The van der Waals surface area contributed by atoms with Gasteiger partial charge in [-0.25, -0.2) is 18.1 Å². The number of amides is 1. The maximum atomic E-state index is 12.5. The number of benzene rings is 2. The van der Waals surface area contributed by atoms with Crippen molar-refractivity contribution in [2.24, 2.45) is 7.05 Å². The molecule has 0 unspecified atom stereocenters. The molecule has 1 N–H and O–H groups in total. The van der Waals surface area contributed by atoms with Crippen LogP contribution >= 0.6 is 39.1 Å². The van der Waals surface area contributed by atoms with Gasteiger partial charge in [0.15, 0.2) is 0 Å². The van der Waals surface area contributed by atoms with E-state index in [9.17, 15) is 13.2 Å². The van der Waals surface area contributed by atoms with E-state index in [4.69, 9.17) is 23.2 Å². The number of aromatic nitrogens is 2. The van der Waals surface area contributed by atoms with E-state index in [2.05, 4.69) is 20.9 Å². The summed E-state index contributed by atoms with van der Waals surface area (Å²) in [4.78, 5) is 16.6. The molecule has 10 heteroatoms. The minimum atomic E-state index is -4.06. The number of sulfonamides is 1. The molecule has 27 heavy (non-hydrogen) atoms. The van der Waals surface area contributed by atoms with Crippen LogP contribution in [0.3, 0.4) is 0 Å². The van der Waals surface area contributed by atoms with Crippen LogP contribution in [0.5, 0.6) is 0 Å². The Hall–Kier alpha value is -1.87. The molecule has 140 valence electrons. The summed E-state index contributed by atoms with van der Waals surface area (Å²) in [5.74, 6) is -0.475. The average Bonchev–Trinajstić information content (AvgIpc) is 2.99. The van der Waals surface area contributed by atoms with Gasteiger partial charge in [-0.3, -0.25) is 4.79 Å². The highest BCUT2D eigenvalue weighted by atomic mass is 79.9. The Morgan fingerprint density at radius 1 is 1.15 bits per heavy atom. The molecule has 0 atom stereocenters. The SMILES string of the molecule is Cn1cc(C(=O)NS(=O)(=O)c2ccccc2Br)nc1-c1cccc(Cl)c1Cl. The van der Waals surface area contributed by atoms with Gasteiger partial charge in [-0.15, -0.1) is 0 Å². The first kappa shape index (κ1) is 19.9. The Kier molecular flexibility index (Phi) is 5.62. The van der Waals surface area contributed by atoms with Gasteiger partial charge in [-0.2, -0.15) is 0 Å². The highest BCUT2D eigenvalue weighted by Gasteiger charge is 2.23. The summed E-state index contributed by atoms with van der Waals surface area (Å²) in [6.07, 6.45) is 1.41. The number of carbonyl (C=O) groups is 1. The van der Waals surface area contributed by atoms with Crippen LogP contribution in [-0.2, 0) is 17.1 Å². The fraction of sp³-hybridized carbons (Fsp3) is 0.0588. The zero-order chi connectivity index (χ0) is 19.8. The lowest BCUT2D eigenvalue weighted by atomic mass is 10.2. The van der Waals surface area contributed by atoms with E-state index in [1.807, 2.05) is 4.72 Å². The van der Waals surface area contributed by atoms with Crippen LogP contribution in [0.4, 0.5) is 0 Å². The van der Waals surface area contributed by atoms with E-state index >= 15 is 0 Å². The number of nitrogens with one attached hydrogen (secondary N) is 1. The molecule has 0 saturated carbocycles. The van der Waals surface area contributed by atoms with Crippen molar-refractivity contribution in [1.29, 1.82) is 0 Å². The lowest BCUT2D eigenvalue weighted by Crippen LogP contribution is -2.31. The maximum Gasteiger partial charge on any atom is 0.285 e. The molecule has 0 bridgehead atoms. The summed E-state index contributed by atoms with van der Waals surface area (Å²) in [5.41, 5.74) is 0.457. The van der Waals surface area contributed by atoms with Crippen LogP contribution in [0.2, 0.25) is 10.0 Å². The van der Waals surface area contributed by atoms with Gasteiger partial charge in [0.2, 0.25) is 0 Å². The van der Waals surface area contributed by atoms with E-state index in [-0.39, 0.29) is 10.6 Å². The fourth-order valence-corrected chi connectivity index (χ4v) is 4.74. The fourth-order valence-electron chi connectivity index (χ4n) is 2.39. The van der Waals surface area contributed by atoms with E-state index in [0.717, 1.165) is 0 Å². The number of hydrogen-bond donors (Lipinski definition) is 1. The van der Waals surface area contributed by atoms with Gasteiger partial charge >= 0.3 is 0 Å². The van der Waals surface area contributed by atoms with Crippen molar-refractivity contribution in [3.8, 4) is 11.4 Å². The molecule has 0 saturated heterocycles. The molecule has 0 aliphatic carbocycles. The molecule has 3 aromatic rings. The summed E-state index contributed by atoms with van der Waals surface area (Å²) in [5, 5.41) is 0.639. The number of nitrogens with zero attached hydrogens (tertiary/aromatic N) is 2. The van der Waals surface area contributed by atoms with Gasteiger partial charge in [0, 0.05) is 23.3 Å². The predicted molar refractivity (Wildman–Crippen MR) is 107 cm³/mol. The lowest BCUT2D eigenvalue weighted by Gasteiger charge is -2.07. The molecule has 2 aromatic carbocycles. The van der Waals surface area contributed by atoms with Crippen molar-refractivity contribution < 1.29 is 13.2 Å². The summed E-state index contributed by atoms with van der Waals surface area (Å²) >= 11 is 15.4. The zero-order valence-corrected chi connectivity index (χ0v) is 17.7. The maximum absolute atomic E-state index is 12.5. The van der Waals surface area contributed by atoms with E-state index in [1.54, 1.807) is 48.0 Å². The molecule has 3 rings (SSSR count). The number of halogens is 3. The van der Waals surface area contributed by atoms with E-state index < -0.39 is 15.9 Å². The van der Waals surface area contributed by atoms with Crippen LogP contribution < -0.4 is 4.72 Å². The molecular weight excluding hydrogens is 477 g/mol. The third-order valence-corrected chi connectivity index (χ3v) is 6.82.